The molecule has 3 N–H and O–H groups in total. The van der Waals surface area contributed by atoms with E-state index in [0.29, 0.717) is 11.4 Å². The standard InChI is InChI=1S/C12H17N3O4/c1-5(2)8(12(18)19)15-11(17)9-10(16)14-7(4)6(3)13-9/h5,8H,1-4H3,(H,14,16)(H,15,17)(H,18,19)/t8-/m0/s1. The summed E-state index contributed by atoms with van der Waals surface area (Å²) in [6.45, 7) is 6.65. The van der Waals surface area contributed by atoms with Crippen molar-refractivity contribution >= 4 is 11.9 Å². The molecule has 0 fully saturated rings. The molecule has 0 aromatic carbocycles. The van der Waals surface area contributed by atoms with Crippen LogP contribution < -0.4 is 10.9 Å². The molecule has 1 atom stereocenters. The molecule has 0 aliphatic heterocycles. The molecule has 0 radical (unpaired) electrons. The number of aliphatic carboxylic acids is 1. The third-order valence-corrected chi connectivity index (χ3v) is 2.77. The Bertz CT molecular complexity index is 563. The first-order chi connectivity index (χ1) is 8.73. The van der Waals surface area contributed by atoms with Crippen molar-refractivity contribution in [1.29, 1.82) is 0 Å². The highest BCUT2D eigenvalue weighted by Gasteiger charge is 2.25. The molecule has 1 amide bonds. The number of nitrogens with one attached hydrogen (secondary N) is 2. The van der Waals surface area contributed by atoms with Gasteiger partial charge in [-0.2, -0.15) is 0 Å². The lowest BCUT2D eigenvalue weighted by Gasteiger charge is -2.17. The summed E-state index contributed by atoms with van der Waals surface area (Å²) < 4.78 is 0. The van der Waals surface area contributed by atoms with Crippen molar-refractivity contribution in [3.8, 4) is 0 Å². The zero-order valence-corrected chi connectivity index (χ0v) is 11.3. The van der Waals surface area contributed by atoms with Gasteiger partial charge in [-0.25, -0.2) is 9.78 Å². The normalized spacial score (nSPS) is 12.3. The number of carbonyl (C=O) groups is 2. The van der Waals surface area contributed by atoms with E-state index in [0.717, 1.165) is 0 Å². The van der Waals surface area contributed by atoms with E-state index in [1.165, 1.54) is 0 Å². The van der Waals surface area contributed by atoms with Gasteiger partial charge in [-0.15, -0.1) is 0 Å². The summed E-state index contributed by atoms with van der Waals surface area (Å²) in [4.78, 5) is 40.9. The quantitative estimate of drug-likeness (QED) is 0.722. The highest BCUT2D eigenvalue weighted by Crippen LogP contribution is 2.03. The maximum atomic E-state index is 11.9. The molecule has 19 heavy (non-hydrogen) atoms. The van der Waals surface area contributed by atoms with E-state index in [1.54, 1.807) is 27.7 Å². The Morgan fingerprint density at radius 3 is 2.37 bits per heavy atom. The second-order valence-electron chi connectivity index (χ2n) is 4.66. The van der Waals surface area contributed by atoms with E-state index in [2.05, 4.69) is 15.3 Å². The molecule has 0 spiro atoms. The van der Waals surface area contributed by atoms with Crippen LogP contribution in [-0.2, 0) is 4.79 Å². The predicted octanol–water partition coefficient (Wildman–Crippen LogP) is 0.226. The summed E-state index contributed by atoms with van der Waals surface area (Å²) in [5.74, 6) is -2.24. The molecule has 1 heterocycles. The average Bonchev–Trinajstić information content (AvgIpc) is 2.29. The number of carboxylic acid groups (broad SMARTS) is 1. The van der Waals surface area contributed by atoms with Gasteiger partial charge in [0.2, 0.25) is 0 Å². The minimum Gasteiger partial charge on any atom is -0.480 e. The summed E-state index contributed by atoms with van der Waals surface area (Å²) in [5.41, 5.74) is 0.130. The van der Waals surface area contributed by atoms with Gasteiger partial charge in [0.15, 0.2) is 5.69 Å². The van der Waals surface area contributed by atoms with Crippen molar-refractivity contribution in [3.63, 3.8) is 0 Å². The van der Waals surface area contributed by atoms with Gasteiger partial charge in [0, 0.05) is 5.69 Å². The van der Waals surface area contributed by atoms with E-state index >= 15 is 0 Å². The molecule has 1 aromatic heterocycles. The first kappa shape index (κ1) is 14.9. The highest BCUT2D eigenvalue weighted by molar-refractivity contribution is 5.94. The lowest BCUT2D eigenvalue weighted by Crippen LogP contribution is -2.46. The minimum absolute atomic E-state index is 0.299. The van der Waals surface area contributed by atoms with Crippen molar-refractivity contribution in [2.75, 3.05) is 0 Å². The number of aromatic amines is 1. The summed E-state index contributed by atoms with van der Waals surface area (Å²) in [6, 6.07) is -1.06. The van der Waals surface area contributed by atoms with Crippen LogP contribution in [0.5, 0.6) is 0 Å². The fourth-order valence-electron chi connectivity index (χ4n) is 1.50. The Kier molecular flexibility index (Phi) is 4.42. The fraction of sp³-hybridized carbons (Fsp3) is 0.500. The second-order valence-corrected chi connectivity index (χ2v) is 4.66. The molecule has 0 aliphatic rings. The molecule has 0 unspecified atom stereocenters. The number of aryl methyl sites for hydroxylation is 2. The van der Waals surface area contributed by atoms with Gasteiger partial charge < -0.3 is 15.4 Å². The zero-order chi connectivity index (χ0) is 14.7. The molecular weight excluding hydrogens is 250 g/mol. The number of hydrogen-bond acceptors (Lipinski definition) is 4. The molecular formula is C12H17N3O4. The predicted molar refractivity (Wildman–Crippen MR) is 68.1 cm³/mol. The first-order valence-corrected chi connectivity index (χ1v) is 5.85. The molecule has 1 rings (SSSR count). The van der Waals surface area contributed by atoms with Crippen molar-refractivity contribution in [3.05, 3.63) is 27.4 Å². The monoisotopic (exact) mass is 267 g/mol. The van der Waals surface area contributed by atoms with E-state index in [-0.39, 0.29) is 11.6 Å². The number of carboxylic acids is 1. The maximum Gasteiger partial charge on any atom is 0.326 e. The van der Waals surface area contributed by atoms with Gasteiger partial charge in [-0.1, -0.05) is 13.8 Å². The lowest BCUT2D eigenvalue weighted by molar-refractivity contribution is -0.140. The number of rotatable bonds is 4. The number of aromatic nitrogens is 2. The van der Waals surface area contributed by atoms with Gasteiger partial charge in [0.25, 0.3) is 11.5 Å². The van der Waals surface area contributed by atoms with Crippen LogP contribution in [0.1, 0.15) is 35.7 Å². The van der Waals surface area contributed by atoms with Crippen LogP contribution in [0.4, 0.5) is 0 Å². The van der Waals surface area contributed by atoms with Gasteiger partial charge in [-0.3, -0.25) is 9.59 Å². The van der Waals surface area contributed by atoms with Crippen molar-refractivity contribution in [2.45, 2.75) is 33.7 Å². The molecule has 104 valence electrons. The van der Waals surface area contributed by atoms with Crippen LogP contribution in [0.2, 0.25) is 0 Å². The highest BCUT2D eigenvalue weighted by atomic mass is 16.4. The summed E-state index contributed by atoms with van der Waals surface area (Å²) in [7, 11) is 0. The van der Waals surface area contributed by atoms with Crippen LogP contribution in [0.3, 0.4) is 0 Å². The summed E-state index contributed by atoms with van der Waals surface area (Å²) in [6.07, 6.45) is 0. The van der Waals surface area contributed by atoms with Crippen LogP contribution in [-0.4, -0.2) is 33.0 Å². The Morgan fingerprint density at radius 2 is 1.89 bits per heavy atom. The van der Waals surface area contributed by atoms with E-state index in [1.807, 2.05) is 0 Å². The molecule has 0 saturated heterocycles. The van der Waals surface area contributed by atoms with Crippen LogP contribution >= 0.6 is 0 Å². The topological polar surface area (TPSA) is 112 Å². The van der Waals surface area contributed by atoms with Crippen molar-refractivity contribution in [1.82, 2.24) is 15.3 Å². The summed E-state index contributed by atoms with van der Waals surface area (Å²) >= 11 is 0. The van der Waals surface area contributed by atoms with Crippen LogP contribution in [0, 0.1) is 19.8 Å². The Labute approximate surface area is 110 Å². The van der Waals surface area contributed by atoms with E-state index in [9.17, 15) is 14.4 Å². The largest absolute Gasteiger partial charge is 0.480 e. The molecule has 0 saturated carbocycles. The number of H-pyrrole nitrogens is 1. The number of nitrogens with zero attached hydrogens (tertiary/aromatic N) is 1. The SMILES string of the molecule is Cc1nc(C(=O)N[C@H](C(=O)O)C(C)C)c(=O)[nH]c1C. The van der Waals surface area contributed by atoms with Gasteiger partial charge >= 0.3 is 5.97 Å². The lowest BCUT2D eigenvalue weighted by atomic mass is 10.0. The number of amides is 1. The molecule has 1 aromatic rings. The van der Waals surface area contributed by atoms with Crippen molar-refractivity contribution < 1.29 is 14.7 Å². The van der Waals surface area contributed by atoms with Crippen LogP contribution in [0.15, 0.2) is 4.79 Å². The van der Waals surface area contributed by atoms with Gasteiger partial charge in [0.1, 0.15) is 6.04 Å². The van der Waals surface area contributed by atoms with E-state index in [4.69, 9.17) is 5.11 Å². The first-order valence-electron chi connectivity index (χ1n) is 5.85. The third-order valence-electron chi connectivity index (χ3n) is 2.77. The Balaban J connectivity index is 3.05. The van der Waals surface area contributed by atoms with E-state index < -0.39 is 23.5 Å². The minimum atomic E-state index is -1.15. The molecule has 0 bridgehead atoms. The third kappa shape index (κ3) is 3.40. The second kappa shape index (κ2) is 5.64. The smallest absolute Gasteiger partial charge is 0.326 e. The summed E-state index contributed by atoms with van der Waals surface area (Å²) in [5, 5.41) is 11.3. The van der Waals surface area contributed by atoms with Crippen LogP contribution in [0.25, 0.3) is 0 Å². The Morgan fingerprint density at radius 1 is 1.32 bits per heavy atom. The fourth-order valence-corrected chi connectivity index (χ4v) is 1.50. The Hall–Kier alpha value is -2.18. The van der Waals surface area contributed by atoms with Crippen molar-refractivity contribution in [2.24, 2.45) is 5.92 Å². The van der Waals surface area contributed by atoms with Gasteiger partial charge in [-0.05, 0) is 19.8 Å². The van der Waals surface area contributed by atoms with Gasteiger partial charge in [0.05, 0.1) is 5.69 Å². The zero-order valence-electron chi connectivity index (χ0n) is 11.3. The number of hydrogen-bond donors (Lipinski definition) is 3. The molecule has 7 nitrogen and oxygen atoms in total. The average molecular weight is 267 g/mol. The maximum absolute atomic E-state index is 11.9. The molecule has 7 heteroatoms. The number of carbonyl (C=O) groups excluding carboxylic acids is 1. The molecule has 0 aliphatic carbocycles.